The quantitative estimate of drug-likeness (QED) is 0.473. The summed E-state index contributed by atoms with van der Waals surface area (Å²) in [5.74, 6) is -0.227. The van der Waals surface area contributed by atoms with Crippen LogP contribution < -0.4 is 15.4 Å². The van der Waals surface area contributed by atoms with Gasteiger partial charge in [0.15, 0.2) is 0 Å². The monoisotopic (exact) mass is 279 g/mol. The smallest absolute Gasteiger partial charge is 0.237 e. The number of sulfonamides is 1. The first-order chi connectivity index (χ1) is 8.09. The summed E-state index contributed by atoms with van der Waals surface area (Å²) in [6.45, 7) is 3.97. The van der Waals surface area contributed by atoms with Gasteiger partial charge in [-0.2, -0.15) is 0 Å². The van der Waals surface area contributed by atoms with E-state index in [0.717, 1.165) is 6.26 Å². The standard InChI is InChI=1S/C10H21N3O4S/c1-10(2,13-18(3,16)17)6-12-9(15)8-4-7(14)5-11-8/h7-8,11,13-14H,4-6H2,1-3H3,(H,12,15). The molecule has 0 radical (unpaired) electrons. The first kappa shape index (κ1) is 15.4. The number of amides is 1. The van der Waals surface area contributed by atoms with Crippen LogP contribution in [0.2, 0.25) is 0 Å². The maximum atomic E-state index is 11.7. The van der Waals surface area contributed by atoms with Crippen molar-refractivity contribution < 1.29 is 18.3 Å². The SMILES string of the molecule is CC(C)(CNC(=O)C1CC(O)CN1)NS(C)(=O)=O. The van der Waals surface area contributed by atoms with Gasteiger partial charge in [-0.1, -0.05) is 0 Å². The van der Waals surface area contributed by atoms with Gasteiger partial charge in [0.1, 0.15) is 0 Å². The number of carbonyl (C=O) groups excluding carboxylic acids is 1. The first-order valence-electron chi connectivity index (χ1n) is 5.77. The molecule has 2 unspecified atom stereocenters. The summed E-state index contributed by atoms with van der Waals surface area (Å²) < 4.78 is 24.7. The molecule has 1 aliphatic rings. The van der Waals surface area contributed by atoms with Crippen LogP contribution in [0.15, 0.2) is 0 Å². The molecule has 0 bridgehead atoms. The van der Waals surface area contributed by atoms with Gasteiger partial charge in [0.25, 0.3) is 0 Å². The van der Waals surface area contributed by atoms with E-state index in [0.29, 0.717) is 13.0 Å². The Hall–Kier alpha value is -0.700. The summed E-state index contributed by atoms with van der Waals surface area (Å²) in [4.78, 5) is 11.7. The molecule has 8 heteroatoms. The molecule has 1 rings (SSSR count). The van der Waals surface area contributed by atoms with E-state index in [-0.39, 0.29) is 12.5 Å². The highest BCUT2D eigenvalue weighted by molar-refractivity contribution is 7.88. The highest BCUT2D eigenvalue weighted by atomic mass is 32.2. The normalized spacial score (nSPS) is 25.1. The number of carbonyl (C=O) groups is 1. The van der Waals surface area contributed by atoms with E-state index in [4.69, 9.17) is 0 Å². The number of β-amino-alcohol motifs (C(OH)–C–C–N with tert-alkyl or cyclic N) is 1. The van der Waals surface area contributed by atoms with Crippen molar-refractivity contribution >= 4 is 15.9 Å². The lowest BCUT2D eigenvalue weighted by Crippen LogP contribution is -2.53. The molecule has 1 saturated heterocycles. The van der Waals surface area contributed by atoms with Gasteiger partial charge in [-0.15, -0.1) is 0 Å². The first-order valence-corrected chi connectivity index (χ1v) is 7.66. The van der Waals surface area contributed by atoms with E-state index in [1.165, 1.54) is 0 Å². The zero-order valence-corrected chi connectivity index (χ0v) is 11.7. The third kappa shape index (κ3) is 5.30. The highest BCUT2D eigenvalue weighted by Gasteiger charge is 2.29. The molecule has 0 spiro atoms. The Labute approximate surface area is 107 Å². The second-order valence-corrected chi connectivity index (χ2v) is 7.07. The van der Waals surface area contributed by atoms with E-state index in [9.17, 15) is 18.3 Å². The summed E-state index contributed by atoms with van der Waals surface area (Å²) in [6.07, 6.45) is 0.958. The third-order valence-corrected chi connectivity index (χ3v) is 3.51. The molecule has 0 aromatic rings. The fourth-order valence-corrected chi connectivity index (χ4v) is 2.96. The Morgan fingerprint density at radius 2 is 2.11 bits per heavy atom. The van der Waals surface area contributed by atoms with Crippen molar-refractivity contribution in [2.45, 2.75) is 38.0 Å². The molecular formula is C10H21N3O4S. The van der Waals surface area contributed by atoms with Crippen molar-refractivity contribution in [3.05, 3.63) is 0 Å². The zero-order valence-electron chi connectivity index (χ0n) is 10.9. The van der Waals surface area contributed by atoms with Crippen LogP contribution in [0.3, 0.4) is 0 Å². The largest absolute Gasteiger partial charge is 0.392 e. The lowest BCUT2D eigenvalue weighted by atomic mass is 10.1. The van der Waals surface area contributed by atoms with Gasteiger partial charge in [0.05, 0.1) is 18.4 Å². The van der Waals surface area contributed by atoms with Gasteiger partial charge in [-0.3, -0.25) is 4.79 Å². The Bertz CT molecular complexity index is 407. The summed E-state index contributed by atoms with van der Waals surface area (Å²) in [6, 6.07) is -0.408. The molecule has 0 aromatic carbocycles. The fourth-order valence-electron chi connectivity index (χ4n) is 1.89. The van der Waals surface area contributed by atoms with Crippen molar-refractivity contribution in [3.8, 4) is 0 Å². The molecule has 1 amide bonds. The molecule has 0 saturated carbocycles. The van der Waals surface area contributed by atoms with E-state index in [2.05, 4.69) is 15.4 Å². The number of hydrogen-bond donors (Lipinski definition) is 4. The number of aliphatic hydroxyl groups is 1. The van der Waals surface area contributed by atoms with Gasteiger partial charge in [-0.05, 0) is 20.3 Å². The van der Waals surface area contributed by atoms with Crippen molar-refractivity contribution in [1.82, 2.24) is 15.4 Å². The lowest BCUT2D eigenvalue weighted by molar-refractivity contribution is -0.123. The van der Waals surface area contributed by atoms with Crippen molar-refractivity contribution in [2.75, 3.05) is 19.3 Å². The Morgan fingerprint density at radius 1 is 1.50 bits per heavy atom. The molecule has 0 aliphatic carbocycles. The predicted octanol–water partition coefficient (Wildman–Crippen LogP) is -1.85. The number of hydrogen-bond acceptors (Lipinski definition) is 5. The number of nitrogens with one attached hydrogen (secondary N) is 3. The van der Waals surface area contributed by atoms with Crippen LogP contribution in [0.4, 0.5) is 0 Å². The van der Waals surface area contributed by atoms with E-state index < -0.39 is 27.7 Å². The van der Waals surface area contributed by atoms with Crippen LogP contribution in [-0.4, -0.2) is 56.5 Å². The van der Waals surface area contributed by atoms with E-state index in [1.807, 2.05) is 0 Å². The Morgan fingerprint density at radius 3 is 2.56 bits per heavy atom. The maximum absolute atomic E-state index is 11.7. The van der Waals surface area contributed by atoms with Crippen molar-refractivity contribution in [2.24, 2.45) is 0 Å². The fraction of sp³-hybridized carbons (Fsp3) is 0.900. The highest BCUT2D eigenvalue weighted by Crippen LogP contribution is 2.07. The molecule has 1 heterocycles. The predicted molar refractivity (Wildman–Crippen MR) is 67.5 cm³/mol. The third-order valence-electron chi connectivity index (χ3n) is 2.59. The van der Waals surface area contributed by atoms with Crippen LogP contribution in [0.5, 0.6) is 0 Å². The Balaban J connectivity index is 2.42. The van der Waals surface area contributed by atoms with Crippen LogP contribution in [-0.2, 0) is 14.8 Å². The van der Waals surface area contributed by atoms with Crippen LogP contribution in [0, 0.1) is 0 Å². The van der Waals surface area contributed by atoms with Crippen LogP contribution in [0.1, 0.15) is 20.3 Å². The van der Waals surface area contributed by atoms with Crippen molar-refractivity contribution in [1.29, 1.82) is 0 Å². The molecular weight excluding hydrogens is 258 g/mol. The van der Waals surface area contributed by atoms with Gasteiger partial charge >= 0.3 is 0 Å². The van der Waals surface area contributed by atoms with Gasteiger partial charge in [-0.25, -0.2) is 13.1 Å². The summed E-state index contributed by atoms with van der Waals surface area (Å²) in [5.41, 5.74) is -0.750. The van der Waals surface area contributed by atoms with E-state index >= 15 is 0 Å². The number of aliphatic hydroxyl groups excluding tert-OH is 1. The van der Waals surface area contributed by atoms with Crippen molar-refractivity contribution in [3.63, 3.8) is 0 Å². The summed E-state index contributed by atoms with van der Waals surface area (Å²) in [5, 5.41) is 14.9. The van der Waals surface area contributed by atoms with E-state index in [1.54, 1.807) is 13.8 Å². The number of rotatable bonds is 5. The summed E-state index contributed by atoms with van der Waals surface area (Å²) >= 11 is 0. The minimum atomic E-state index is -3.31. The zero-order chi connectivity index (χ0) is 14.0. The molecule has 106 valence electrons. The van der Waals surface area contributed by atoms with Gasteiger partial charge < -0.3 is 15.7 Å². The molecule has 1 fully saturated rings. The molecule has 0 aromatic heterocycles. The molecule has 18 heavy (non-hydrogen) atoms. The lowest BCUT2D eigenvalue weighted by Gasteiger charge is -2.26. The molecule has 7 nitrogen and oxygen atoms in total. The topological polar surface area (TPSA) is 108 Å². The van der Waals surface area contributed by atoms with Crippen LogP contribution >= 0.6 is 0 Å². The van der Waals surface area contributed by atoms with Gasteiger partial charge in [0, 0.05) is 18.6 Å². The molecule has 4 N–H and O–H groups in total. The van der Waals surface area contributed by atoms with Gasteiger partial charge in [0.2, 0.25) is 15.9 Å². The van der Waals surface area contributed by atoms with Crippen LogP contribution in [0.25, 0.3) is 0 Å². The average molecular weight is 279 g/mol. The second-order valence-electron chi connectivity index (χ2n) is 5.33. The Kier molecular flexibility index (Phi) is 4.71. The minimum Gasteiger partial charge on any atom is -0.392 e. The molecule has 2 atom stereocenters. The molecule has 1 aliphatic heterocycles. The minimum absolute atomic E-state index is 0.188. The average Bonchev–Trinajstić information content (AvgIpc) is 2.57. The summed E-state index contributed by atoms with van der Waals surface area (Å²) in [7, 11) is -3.31. The maximum Gasteiger partial charge on any atom is 0.237 e. The second kappa shape index (κ2) is 5.52.